The van der Waals surface area contributed by atoms with Crippen LogP contribution in [0.5, 0.6) is 0 Å². The summed E-state index contributed by atoms with van der Waals surface area (Å²) < 4.78 is 24.9. The van der Waals surface area contributed by atoms with E-state index < -0.39 is 9.84 Å². The number of aromatic nitrogens is 4. The van der Waals surface area contributed by atoms with Gasteiger partial charge in [0.25, 0.3) is 0 Å². The highest BCUT2D eigenvalue weighted by Gasteiger charge is 2.29. The molecule has 0 radical (unpaired) electrons. The molecule has 0 unspecified atom stereocenters. The topological polar surface area (TPSA) is 77.2 Å². The van der Waals surface area contributed by atoms with Crippen molar-refractivity contribution in [1.29, 1.82) is 0 Å². The van der Waals surface area contributed by atoms with E-state index in [4.69, 9.17) is 0 Å². The van der Waals surface area contributed by atoms with Gasteiger partial charge >= 0.3 is 0 Å². The minimum atomic E-state index is -2.84. The van der Waals surface area contributed by atoms with E-state index in [-0.39, 0.29) is 11.7 Å². The number of fused-ring (bicyclic) bond motifs is 1. The molecular formula is C15H16N4O2S2. The highest BCUT2D eigenvalue weighted by atomic mass is 32.2. The van der Waals surface area contributed by atoms with E-state index in [9.17, 15) is 8.42 Å². The smallest absolute Gasteiger partial charge is 0.229 e. The molecule has 120 valence electrons. The molecule has 0 amide bonds. The monoisotopic (exact) mass is 348 g/mol. The van der Waals surface area contributed by atoms with Crippen LogP contribution in [0.1, 0.15) is 22.8 Å². The van der Waals surface area contributed by atoms with Crippen molar-refractivity contribution in [3.05, 3.63) is 46.7 Å². The Morgan fingerprint density at radius 3 is 2.78 bits per heavy atom. The minimum absolute atomic E-state index is 0.182. The highest BCUT2D eigenvalue weighted by Crippen LogP contribution is 2.25. The number of sulfone groups is 1. The molecule has 4 rings (SSSR count). The van der Waals surface area contributed by atoms with Gasteiger partial charge in [0, 0.05) is 12.8 Å². The molecule has 2 aromatic heterocycles. The van der Waals surface area contributed by atoms with Gasteiger partial charge in [-0.1, -0.05) is 41.7 Å². The van der Waals surface area contributed by atoms with Gasteiger partial charge in [-0.25, -0.2) is 8.42 Å². The minimum Gasteiger partial charge on any atom is -0.229 e. The van der Waals surface area contributed by atoms with Gasteiger partial charge in [0.15, 0.2) is 15.7 Å². The fourth-order valence-corrected chi connectivity index (χ4v) is 5.78. The highest BCUT2D eigenvalue weighted by molar-refractivity contribution is 7.91. The molecule has 0 saturated carbocycles. The summed E-state index contributed by atoms with van der Waals surface area (Å²) in [6, 6.07) is 10.1. The molecule has 1 atom stereocenters. The Morgan fingerprint density at radius 1 is 1.22 bits per heavy atom. The van der Waals surface area contributed by atoms with E-state index >= 15 is 0 Å². The molecule has 3 aromatic rings. The van der Waals surface area contributed by atoms with Gasteiger partial charge in [0.05, 0.1) is 11.5 Å². The van der Waals surface area contributed by atoms with Crippen LogP contribution in [0.3, 0.4) is 0 Å². The van der Waals surface area contributed by atoms with Crippen LogP contribution in [-0.4, -0.2) is 39.7 Å². The predicted octanol–water partition coefficient (Wildman–Crippen LogP) is 1.75. The van der Waals surface area contributed by atoms with Gasteiger partial charge in [0.2, 0.25) is 4.96 Å². The molecule has 1 aromatic carbocycles. The lowest BCUT2D eigenvalue weighted by Crippen LogP contribution is -2.08. The van der Waals surface area contributed by atoms with Crippen LogP contribution in [0.2, 0.25) is 0 Å². The first-order valence-electron chi connectivity index (χ1n) is 7.53. The Bertz CT molecular complexity index is 931. The third kappa shape index (κ3) is 3.13. The number of nitrogens with zero attached hydrogens (tertiary/aromatic N) is 4. The average molecular weight is 348 g/mol. The molecule has 23 heavy (non-hydrogen) atoms. The number of hydrogen-bond acceptors (Lipinski definition) is 6. The second-order valence-electron chi connectivity index (χ2n) is 5.94. The predicted molar refractivity (Wildman–Crippen MR) is 88.4 cm³/mol. The van der Waals surface area contributed by atoms with Crippen LogP contribution in [0.4, 0.5) is 0 Å². The maximum absolute atomic E-state index is 11.6. The van der Waals surface area contributed by atoms with Crippen LogP contribution < -0.4 is 0 Å². The van der Waals surface area contributed by atoms with Gasteiger partial charge in [-0.2, -0.15) is 9.61 Å². The standard InChI is InChI=1S/C15H16N4O2S2/c20-23(21)7-6-12(10-23)9-14-18-19-13(16-17-15(19)22-14)8-11-4-2-1-3-5-11/h1-5,12H,6-10H2/t12-/m1/s1. The summed E-state index contributed by atoms with van der Waals surface area (Å²) in [4.78, 5) is 0.770. The van der Waals surface area contributed by atoms with E-state index in [2.05, 4.69) is 27.4 Å². The first-order valence-corrected chi connectivity index (χ1v) is 10.2. The third-order valence-corrected chi connectivity index (χ3v) is 6.85. The fourth-order valence-electron chi connectivity index (χ4n) is 2.95. The van der Waals surface area contributed by atoms with Gasteiger partial charge < -0.3 is 0 Å². The lowest BCUT2D eigenvalue weighted by Gasteiger charge is -2.02. The van der Waals surface area contributed by atoms with Gasteiger partial charge in [-0.05, 0) is 17.9 Å². The zero-order valence-electron chi connectivity index (χ0n) is 12.4. The molecule has 6 nitrogen and oxygen atoms in total. The Labute approximate surface area is 138 Å². The van der Waals surface area contributed by atoms with Crippen molar-refractivity contribution in [1.82, 2.24) is 19.8 Å². The van der Waals surface area contributed by atoms with Gasteiger partial charge in [-0.15, -0.1) is 10.2 Å². The first kappa shape index (κ1) is 14.8. The van der Waals surface area contributed by atoms with Crippen molar-refractivity contribution < 1.29 is 8.42 Å². The van der Waals surface area contributed by atoms with Crippen molar-refractivity contribution in [3.63, 3.8) is 0 Å². The normalized spacial score (nSPS) is 20.3. The van der Waals surface area contributed by atoms with Crippen LogP contribution in [0.15, 0.2) is 30.3 Å². The SMILES string of the molecule is O=S1(=O)CC[C@H](Cc2nn3c(Cc4ccccc4)nnc3s2)C1. The molecular weight excluding hydrogens is 332 g/mol. The summed E-state index contributed by atoms with van der Waals surface area (Å²) >= 11 is 1.50. The zero-order valence-corrected chi connectivity index (χ0v) is 14.1. The maximum atomic E-state index is 11.6. The Balaban J connectivity index is 1.55. The van der Waals surface area contributed by atoms with Crippen molar-refractivity contribution in [2.24, 2.45) is 5.92 Å². The summed E-state index contributed by atoms with van der Waals surface area (Å²) in [7, 11) is -2.84. The van der Waals surface area contributed by atoms with Gasteiger partial charge in [0.1, 0.15) is 5.01 Å². The number of rotatable bonds is 4. The second kappa shape index (κ2) is 5.68. The second-order valence-corrected chi connectivity index (χ2v) is 9.21. The Morgan fingerprint density at radius 2 is 2.04 bits per heavy atom. The quantitative estimate of drug-likeness (QED) is 0.718. The molecule has 0 aliphatic carbocycles. The molecule has 1 aliphatic heterocycles. The van der Waals surface area contributed by atoms with Crippen molar-refractivity contribution in [2.45, 2.75) is 19.3 Å². The first-order chi connectivity index (χ1) is 11.1. The van der Waals surface area contributed by atoms with E-state index in [0.29, 0.717) is 18.6 Å². The summed E-state index contributed by atoms with van der Waals surface area (Å²) in [5.74, 6) is 1.58. The molecule has 0 N–H and O–H groups in total. The molecule has 8 heteroatoms. The molecule has 1 fully saturated rings. The Hall–Kier alpha value is -1.80. The van der Waals surface area contributed by atoms with E-state index in [1.54, 1.807) is 4.52 Å². The van der Waals surface area contributed by atoms with E-state index in [1.807, 2.05) is 18.2 Å². The Kier molecular flexibility index (Phi) is 3.65. The van der Waals surface area contributed by atoms with Crippen molar-refractivity contribution >= 4 is 26.1 Å². The molecule has 0 spiro atoms. The fraction of sp³-hybridized carbons (Fsp3) is 0.400. The molecule has 0 bridgehead atoms. The van der Waals surface area contributed by atoms with Gasteiger partial charge in [-0.3, -0.25) is 0 Å². The number of hydrogen-bond donors (Lipinski definition) is 0. The van der Waals surface area contributed by atoms with Crippen LogP contribution in [-0.2, 0) is 22.7 Å². The van der Waals surface area contributed by atoms with E-state index in [1.165, 1.54) is 16.9 Å². The summed E-state index contributed by atoms with van der Waals surface area (Å²) in [6.07, 6.45) is 2.13. The van der Waals surface area contributed by atoms with Crippen molar-refractivity contribution in [2.75, 3.05) is 11.5 Å². The van der Waals surface area contributed by atoms with Crippen molar-refractivity contribution in [3.8, 4) is 0 Å². The maximum Gasteiger partial charge on any atom is 0.234 e. The van der Waals surface area contributed by atoms with Crippen LogP contribution >= 0.6 is 11.3 Å². The largest absolute Gasteiger partial charge is 0.234 e. The molecule has 1 aliphatic rings. The van der Waals surface area contributed by atoms with E-state index in [0.717, 1.165) is 22.2 Å². The average Bonchev–Trinajstić information content (AvgIpc) is 3.17. The third-order valence-electron chi connectivity index (χ3n) is 4.09. The summed E-state index contributed by atoms with van der Waals surface area (Å²) in [5.41, 5.74) is 1.17. The summed E-state index contributed by atoms with van der Waals surface area (Å²) in [5, 5.41) is 13.9. The lowest BCUT2D eigenvalue weighted by atomic mass is 10.1. The summed E-state index contributed by atoms with van der Waals surface area (Å²) in [6.45, 7) is 0. The molecule has 3 heterocycles. The number of benzene rings is 1. The van der Waals surface area contributed by atoms with Crippen LogP contribution in [0.25, 0.3) is 4.96 Å². The van der Waals surface area contributed by atoms with Crippen LogP contribution in [0, 0.1) is 5.92 Å². The zero-order chi connectivity index (χ0) is 15.9. The molecule has 1 saturated heterocycles. The lowest BCUT2D eigenvalue weighted by molar-refractivity contribution is 0.578.